The van der Waals surface area contributed by atoms with Crippen molar-refractivity contribution in [3.05, 3.63) is 35.4 Å². The Morgan fingerprint density at radius 2 is 2.00 bits per heavy atom. The molecule has 0 radical (unpaired) electrons. The maximum atomic E-state index is 13.8. The Balaban J connectivity index is 2.19. The molecule has 0 aromatic heterocycles. The van der Waals surface area contributed by atoms with Crippen molar-refractivity contribution < 1.29 is 13.9 Å². The minimum atomic E-state index is -0.447. The summed E-state index contributed by atoms with van der Waals surface area (Å²) in [7, 11) is 2.05. The first-order valence-corrected chi connectivity index (χ1v) is 6.36. The molecule has 1 heterocycles. The molecule has 18 heavy (non-hydrogen) atoms. The van der Waals surface area contributed by atoms with Crippen LogP contribution in [-0.2, 0) is 0 Å². The second-order valence-electron chi connectivity index (χ2n) is 5.10. The Morgan fingerprint density at radius 1 is 1.33 bits per heavy atom. The molecule has 1 aromatic carbocycles. The third kappa shape index (κ3) is 2.87. The van der Waals surface area contributed by atoms with Crippen LogP contribution in [0.25, 0.3) is 0 Å². The summed E-state index contributed by atoms with van der Waals surface area (Å²) < 4.78 is 27.0. The molecular weight excluding hydrogens is 236 g/mol. The Hall–Kier alpha value is -1.00. The first-order valence-electron chi connectivity index (χ1n) is 6.36. The van der Waals surface area contributed by atoms with E-state index < -0.39 is 11.6 Å². The van der Waals surface area contributed by atoms with E-state index in [9.17, 15) is 13.9 Å². The van der Waals surface area contributed by atoms with E-state index in [4.69, 9.17) is 0 Å². The number of rotatable bonds is 3. The van der Waals surface area contributed by atoms with Crippen LogP contribution in [0.1, 0.15) is 24.3 Å². The molecule has 1 N–H and O–H groups in total. The minimum absolute atomic E-state index is 0.130. The molecule has 0 saturated carbocycles. The molecule has 2 nitrogen and oxygen atoms in total. The molecule has 1 aliphatic heterocycles. The van der Waals surface area contributed by atoms with Crippen LogP contribution in [-0.4, -0.2) is 36.8 Å². The quantitative estimate of drug-likeness (QED) is 0.896. The highest BCUT2D eigenvalue weighted by Crippen LogP contribution is 2.33. The number of aliphatic hydroxyl groups excluding tert-OH is 1. The van der Waals surface area contributed by atoms with E-state index in [-0.39, 0.29) is 18.4 Å². The lowest BCUT2D eigenvalue weighted by molar-refractivity contribution is 0.154. The van der Waals surface area contributed by atoms with E-state index in [0.29, 0.717) is 5.56 Å². The normalized spacial score (nSPS) is 20.0. The van der Waals surface area contributed by atoms with E-state index in [1.165, 1.54) is 6.07 Å². The van der Waals surface area contributed by atoms with Crippen LogP contribution < -0.4 is 0 Å². The molecule has 1 unspecified atom stereocenters. The van der Waals surface area contributed by atoms with E-state index in [0.717, 1.165) is 38.1 Å². The monoisotopic (exact) mass is 255 g/mol. The number of piperidine rings is 1. The largest absolute Gasteiger partial charge is 0.396 e. The van der Waals surface area contributed by atoms with Crippen molar-refractivity contribution in [3.8, 4) is 0 Å². The number of aliphatic hydroxyl groups is 1. The maximum absolute atomic E-state index is 13.8. The SMILES string of the molecule is CN1CCC(C(CO)c2cc(F)ccc2F)CC1. The highest BCUT2D eigenvalue weighted by atomic mass is 19.1. The zero-order valence-electron chi connectivity index (χ0n) is 10.6. The lowest BCUT2D eigenvalue weighted by Gasteiger charge is -2.33. The van der Waals surface area contributed by atoms with Crippen molar-refractivity contribution in [2.45, 2.75) is 18.8 Å². The minimum Gasteiger partial charge on any atom is -0.396 e. The Morgan fingerprint density at radius 3 is 2.61 bits per heavy atom. The Bertz CT molecular complexity index is 403. The summed E-state index contributed by atoms with van der Waals surface area (Å²) in [5.41, 5.74) is 0.312. The average molecular weight is 255 g/mol. The first kappa shape index (κ1) is 13.4. The van der Waals surface area contributed by atoms with Crippen molar-refractivity contribution in [1.82, 2.24) is 4.90 Å². The molecule has 1 fully saturated rings. The lowest BCUT2D eigenvalue weighted by atomic mass is 9.80. The summed E-state index contributed by atoms with van der Waals surface area (Å²) in [6.07, 6.45) is 1.83. The van der Waals surface area contributed by atoms with Crippen molar-refractivity contribution in [1.29, 1.82) is 0 Å². The van der Waals surface area contributed by atoms with Crippen LogP contribution in [0.4, 0.5) is 8.78 Å². The molecule has 1 aromatic rings. The summed E-state index contributed by atoms with van der Waals surface area (Å²) in [6, 6.07) is 3.47. The first-order chi connectivity index (χ1) is 8.61. The van der Waals surface area contributed by atoms with Crippen LogP contribution in [0, 0.1) is 17.6 Å². The maximum Gasteiger partial charge on any atom is 0.126 e. The molecule has 1 saturated heterocycles. The molecule has 1 atom stereocenters. The zero-order valence-corrected chi connectivity index (χ0v) is 10.6. The number of likely N-dealkylation sites (tertiary alicyclic amines) is 1. The van der Waals surface area contributed by atoms with Gasteiger partial charge in [0.2, 0.25) is 0 Å². The summed E-state index contributed by atoms with van der Waals surface area (Å²) >= 11 is 0. The molecule has 2 rings (SSSR count). The van der Waals surface area contributed by atoms with E-state index in [2.05, 4.69) is 4.90 Å². The second kappa shape index (κ2) is 5.76. The van der Waals surface area contributed by atoms with Gasteiger partial charge in [0.25, 0.3) is 0 Å². The van der Waals surface area contributed by atoms with Crippen LogP contribution in [0.5, 0.6) is 0 Å². The summed E-state index contributed by atoms with van der Waals surface area (Å²) in [5.74, 6) is -0.941. The van der Waals surface area contributed by atoms with Gasteiger partial charge in [-0.15, -0.1) is 0 Å². The summed E-state index contributed by atoms with van der Waals surface area (Å²) in [4.78, 5) is 2.22. The fourth-order valence-corrected chi connectivity index (χ4v) is 2.73. The highest BCUT2D eigenvalue weighted by molar-refractivity contribution is 5.24. The van der Waals surface area contributed by atoms with Crippen molar-refractivity contribution in [3.63, 3.8) is 0 Å². The second-order valence-corrected chi connectivity index (χ2v) is 5.10. The van der Waals surface area contributed by atoms with Gasteiger partial charge in [-0.3, -0.25) is 0 Å². The lowest BCUT2D eigenvalue weighted by Crippen LogP contribution is -2.33. The van der Waals surface area contributed by atoms with Crippen molar-refractivity contribution in [2.24, 2.45) is 5.92 Å². The third-order valence-electron chi connectivity index (χ3n) is 3.89. The standard InChI is InChI=1S/C14H19F2NO/c1-17-6-4-10(5-7-17)13(9-18)12-8-11(15)2-3-14(12)16/h2-3,8,10,13,18H,4-7,9H2,1H3. The predicted molar refractivity (Wildman–Crippen MR) is 66.4 cm³/mol. The van der Waals surface area contributed by atoms with Gasteiger partial charge < -0.3 is 10.0 Å². The molecule has 0 aliphatic carbocycles. The fraction of sp³-hybridized carbons (Fsp3) is 0.571. The van der Waals surface area contributed by atoms with Crippen molar-refractivity contribution in [2.75, 3.05) is 26.7 Å². The number of halogens is 2. The van der Waals surface area contributed by atoms with Crippen molar-refractivity contribution >= 4 is 0 Å². The number of hydrogen-bond acceptors (Lipinski definition) is 2. The number of nitrogens with zero attached hydrogens (tertiary/aromatic N) is 1. The van der Waals surface area contributed by atoms with Gasteiger partial charge >= 0.3 is 0 Å². The number of hydrogen-bond donors (Lipinski definition) is 1. The van der Waals surface area contributed by atoms with Gasteiger partial charge in [-0.1, -0.05) is 0 Å². The van der Waals surface area contributed by atoms with E-state index >= 15 is 0 Å². The van der Waals surface area contributed by atoms with Crippen LogP contribution in [0.15, 0.2) is 18.2 Å². The average Bonchev–Trinajstić information content (AvgIpc) is 2.37. The number of benzene rings is 1. The van der Waals surface area contributed by atoms with Gasteiger partial charge in [-0.05, 0) is 62.7 Å². The highest BCUT2D eigenvalue weighted by Gasteiger charge is 2.28. The molecule has 0 amide bonds. The van der Waals surface area contributed by atoms with Gasteiger partial charge in [0, 0.05) is 5.92 Å². The van der Waals surface area contributed by atoms with E-state index in [1.807, 2.05) is 7.05 Å². The van der Waals surface area contributed by atoms with Gasteiger partial charge in [-0.2, -0.15) is 0 Å². The molecule has 1 aliphatic rings. The zero-order chi connectivity index (χ0) is 13.1. The summed E-state index contributed by atoms with van der Waals surface area (Å²) in [5, 5.41) is 9.51. The Labute approximate surface area is 106 Å². The molecule has 0 spiro atoms. The van der Waals surface area contributed by atoms with Crippen LogP contribution in [0.3, 0.4) is 0 Å². The smallest absolute Gasteiger partial charge is 0.126 e. The topological polar surface area (TPSA) is 23.5 Å². The van der Waals surface area contributed by atoms with Crippen LogP contribution >= 0.6 is 0 Å². The Kier molecular flexibility index (Phi) is 4.30. The van der Waals surface area contributed by atoms with Gasteiger partial charge in [0.05, 0.1) is 6.61 Å². The predicted octanol–water partition coefficient (Wildman–Crippen LogP) is 2.38. The molecular formula is C14H19F2NO. The molecule has 100 valence electrons. The summed E-state index contributed by atoms with van der Waals surface area (Å²) in [6.45, 7) is 1.75. The fourth-order valence-electron chi connectivity index (χ4n) is 2.73. The van der Waals surface area contributed by atoms with Gasteiger partial charge in [-0.25, -0.2) is 8.78 Å². The third-order valence-corrected chi connectivity index (χ3v) is 3.89. The van der Waals surface area contributed by atoms with Gasteiger partial charge in [0.1, 0.15) is 11.6 Å². The molecule has 0 bridgehead atoms. The van der Waals surface area contributed by atoms with Crippen LogP contribution in [0.2, 0.25) is 0 Å². The van der Waals surface area contributed by atoms with Gasteiger partial charge in [0.15, 0.2) is 0 Å². The molecule has 4 heteroatoms. The van der Waals surface area contributed by atoms with E-state index in [1.54, 1.807) is 0 Å².